The Kier molecular flexibility index (Phi) is 1.82. The minimum Gasteiger partial charge on any atom is -0.405 e. The van der Waals surface area contributed by atoms with E-state index in [4.69, 9.17) is 9.31 Å². The van der Waals surface area contributed by atoms with Crippen molar-refractivity contribution in [2.75, 3.05) is 13.2 Å². The van der Waals surface area contributed by atoms with Gasteiger partial charge < -0.3 is 14.3 Å². The Morgan fingerprint density at radius 3 is 2.86 bits per heavy atom. The van der Waals surface area contributed by atoms with Crippen molar-refractivity contribution in [1.29, 1.82) is 0 Å². The predicted molar refractivity (Wildman–Crippen MR) is 55.6 cm³/mol. The molecule has 0 amide bonds. The smallest absolute Gasteiger partial charge is 0.405 e. The average molecular weight is 187 g/mol. The number of aromatic nitrogens is 1. The summed E-state index contributed by atoms with van der Waals surface area (Å²) in [6.07, 6.45) is 1.93. The van der Waals surface area contributed by atoms with Crippen LogP contribution in [0.15, 0.2) is 30.5 Å². The van der Waals surface area contributed by atoms with Gasteiger partial charge in [0.05, 0.1) is 13.2 Å². The van der Waals surface area contributed by atoms with E-state index in [1.165, 1.54) is 5.39 Å². The van der Waals surface area contributed by atoms with E-state index in [-0.39, 0.29) is 7.12 Å². The van der Waals surface area contributed by atoms with E-state index < -0.39 is 0 Å². The molecule has 3 nitrogen and oxygen atoms in total. The molecule has 1 aromatic heterocycles. The first-order valence-electron chi connectivity index (χ1n) is 4.74. The van der Waals surface area contributed by atoms with Crippen molar-refractivity contribution >= 4 is 23.5 Å². The Morgan fingerprint density at radius 2 is 2.00 bits per heavy atom. The third-order valence-corrected chi connectivity index (χ3v) is 2.50. The molecule has 14 heavy (non-hydrogen) atoms. The Labute approximate surface area is 82.2 Å². The highest BCUT2D eigenvalue weighted by molar-refractivity contribution is 6.64. The second kappa shape index (κ2) is 3.15. The quantitative estimate of drug-likeness (QED) is 0.673. The molecule has 1 saturated heterocycles. The minimum absolute atomic E-state index is 0.186. The highest BCUT2D eigenvalue weighted by Crippen LogP contribution is 2.12. The monoisotopic (exact) mass is 187 g/mol. The summed E-state index contributed by atoms with van der Waals surface area (Å²) in [6, 6.07) is 8.16. The Morgan fingerprint density at radius 1 is 1.14 bits per heavy atom. The highest BCUT2D eigenvalue weighted by Gasteiger charge is 2.27. The molecule has 1 aliphatic rings. The van der Waals surface area contributed by atoms with Gasteiger partial charge in [-0.15, -0.1) is 0 Å². The van der Waals surface area contributed by atoms with E-state index in [1.54, 1.807) is 0 Å². The molecule has 3 rings (SSSR count). The van der Waals surface area contributed by atoms with Gasteiger partial charge in [0.25, 0.3) is 0 Å². The van der Waals surface area contributed by atoms with Crippen molar-refractivity contribution in [3.8, 4) is 0 Å². The summed E-state index contributed by atoms with van der Waals surface area (Å²) in [5, 5.41) is 1.18. The van der Waals surface area contributed by atoms with Crippen LogP contribution in [0.4, 0.5) is 0 Å². The molecule has 0 saturated carbocycles. The molecule has 2 heterocycles. The van der Waals surface area contributed by atoms with Crippen LogP contribution in [0.25, 0.3) is 10.9 Å². The van der Waals surface area contributed by atoms with Crippen LogP contribution in [0.1, 0.15) is 0 Å². The fourth-order valence-corrected chi connectivity index (χ4v) is 1.85. The van der Waals surface area contributed by atoms with Crippen molar-refractivity contribution in [1.82, 2.24) is 4.98 Å². The van der Waals surface area contributed by atoms with E-state index >= 15 is 0 Å². The maximum atomic E-state index is 5.48. The number of hydrogen-bond acceptors (Lipinski definition) is 2. The summed E-state index contributed by atoms with van der Waals surface area (Å²) in [5.74, 6) is 0. The van der Waals surface area contributed by atoms with Gasteiger partial charge in [0.1, 0.15) is 0 Å². The van der Waals surface area contributed by atoms with Gasteiger partial charge in [-0.3, -0.25) is 0 Å². The van der Waals surface area contributed by atoms with E-state index in [0.717, 1.165) is 11.0 Å². The first-order valence-corrected chi connectivity index (χ1v) is 4.74. The maximum absolute atomic E-state index is 5.48. The zero-order valence-corrected chi connectivity index (χ0v) is 7.69. The van der Waals surface area contributed by atoms with Crippen LogP contribution in [0.5, 0.6) is 0 Å². The first-order chi connectivity index (χ1) is 6.95. The fourth-order valence-electron chi connectivity index (χ4n) is 1.85. The molecular weight excluding hydrogens is 177 g/mol. The van der Waals surface area contributed by atoms with Gasteiger partial charge in [0, 0.05) is 11.7 Å². The Hall–Kier alpha value is -1.26. The number of H-pyrrole nitrogens is 1. The zero-order chi connectivity index (χ0) is 9.38. The van der Waals surface area contributed by atoms with Gasteiger partial charge in [0.15, 0.2) is 0 Å². The maximum Gasteiger partial charge on any atom is 0.494 e. The number of hydrogen-bond donors (Lipinski definition) is 1. The molecule has 0 unspecified atom stereocenters. The molecule has 1 N–H and O–H groups in total. The largest absolute Gasteiger partial charge is 0.494 e. The van der Waals surface area contributed by atoms with E-state index in [1.807, 2.05) is 24.4 Å². The summed E-state index contributed by atoms with van der Waals surface area (Å²) < 4.78 is 11.0. The lowest BCUT2D eigenvalue weighted by molar-refractivity contribution is 0.365. The molecular formula is C10H10BNO2. The van der Waals surface area contributed by atoms with E-state index in [2.05, 4.69) is 11.1 Å². The molecule has 1 fully saturated rings. The second-order valence-corrected chi connectivity index (χ2v) is 3.36. The molecule has 1 aromatic carbocycles. The van der Waals surface area contributed by atoms with Gasteiger partial charge in [-0.25, -0.2) is 0 Å². The summed E-state index contributed by atoms with van der Waals surface area (Å²) in [4.78, 5) is 3.17. The Bertz CT molecular complexity index is 448. The lowest BCUT2D eigenvalue weighted by atomic mass is 9.77. The number of nitrogens with one attached hydrogen (secondary N) is 1. The SMILES string of the molecule is c1cc(B2OCCO2)c2cc[nH]c2c1. The third-order valence-electron chi connectivity index (χ3n) is 2.50. The lowest BCUT2D eigenvalue weighted by Gasteiger charge is -2.05. The number of benzene rings is 1. The number of fused-ring (bicyclic) bond motifs is 1. The van der Waals surface area contributed by atoms with Crippen LogP contribution in [0.2, 0.25) is 0 Å². The minimum atomic E-state index is -0.186. The molecule has 0 radical (unpaired) electrons. The Balaban J connectivity index is 2.14. The van der Waals surface area contributed by atoms with Crippen molar-refractivity contribution in [3.05, 3.63) is 30.5 Å². The lowest BCUT2D eigenvalue weighted by Crippen LogP contribution is -2.31. The van der Waals surface area contributed by atoms with Crippen molar-refractivity contribution < 1.29 is 9.31 Å². The van der Waals surface area contributed by atoms with Gasteiger partial charge in [0.2, 0.25) is 0 Å². The van der Waals surface area contributed by atoms with Crippen LogP contribution in [0, 0.1) is 0 Å². The second-order valence-electron chi connectivity index (χ2n) is 3.36. The van der Waals surface area contributed by atoms with Crippen molar-refractivity contribution in [3.63, 3.8) is 0 Å². The summed E-state index contributed by atoms with van der Waals surface area (Å²) in [7, 11) is -0.186. The number of aromatic amines is 1. The van der Waals surface area contributed by atoms with Crippen LogP contribution >= 0.6 is 0 Å². The topological polar surface area (TPSA) is 34.2 Å². The first kappa shape index (κ1) is 8.09. The molecule has 0 spiro atoms. The third kappa shape index (κ3) is 1.15. The van der Waals surface area contributed by atoms with Gasteiger partial charge in [-0.05, 0) is 23.0 Å². The van der Waals surface area contributed by atoms with Crippen LogP contribution in [-0.4, -0.2) is 25.3 Å². The summed E-state index contributed by atoms with van der Waals surface area (Å²) in [6.45, 7) is 1.37. The molecule has 70 valence electrons. The molecule has 0 bridgehead atoms. The van der Waals surface area contributed by atoms with Crippen molar-refractivity contribution in [2.24, 2.45) is 0 Å². The average Bonchev–Trinajstić information content (AvgIpc) is 2.88. The molecule has 2 aromatic rings. The molecule has 0 aliphatic carbocycles. The normalized spacial score (nSPS) is 16.7. The zero-order valence-electron chi connectivity index (χ0n) is 7.69. The summed E-state index contributed by atoms with van der Waals surface area (Å²) in [5.41, 5.74) is 2.24. The van der Waals surface area contributed by atoms with Crippen LogP contribution < -0.4 is 5.46 Å². The standard InChI is InChI=1S/C10H10BNO2/c1-2-9(11-13-6-7-14-11)8-4-5-12-10(8)3-1/h1-5,12H,6-7H2. The molecule has 0 atom stereocenters. The predicted octanol–water partition coefficient (Wildman–Crippen LogP) is 0.910. The van der Waals surface area contributed by atoms with Crippen LogP contribution in [0.3, 0.4) is 0 Å². The molecule has 4 heteroatoms. The fraction of sp³-hybridized carbons (Fsp3) is 0.200. The number of rotatable bonds is 1. The van der Waals surface area contributed by atoms with E-state index in [9.17, 15) is 0 Å². The molecule has 1 aliphatic heterocycles. The van der Waals surface area contributed by atoms with Crippen molar-refractivity contribution in [2.45, 2.75) is 0 Å². The van der Waals surface area contributed by atoms with Gasteiger partial charge in [-0.2, -0.15) is 0 Å². The van der Waals surface area contributed by atoms with Crippen LogP contribution in [-0.2, 0) is 9.31 Å². The van der Waals surface area contributed by atoms with Gasteiger partial charge in [-0.1, -0.05) is 12.1 Å². The van der Waals surface area contributed by atoms with Gasteiger partial charge >= 0.3 is 7.12 Å². The highest BCUT2D eigenvalue weighted by atomic mass is 16.6. The summed E-state index contributed by atoms with van der Waals surface area (Å²) >= 11 is 0. The van der Waals surface area contributed by atoms with E-state index in [0.29, 0.717) is 13.2 Å².